The molecule has 1 spiro atoms. The fourth-order valence-electron chi connectivity index (χ4n) is 4.57. The van der Waals surface area contributed by atoms with Gasteiger partial charge in [-0.1, -0.05) is 0 Å². The molecule has 2 fully saturated rings. The van der Waals surface area contributed by atoms with Crippen LogP contribution in [-0.2, 0) is 19.0 Å². The van der Waals surface area contributed by atoms with Gasteiger partial charge >= 0.3 is 5.97 Å². The van der Waals surface area contributed by atoms with E-state index in [-0.39, 0.29) is 12.1 Å². The van der Waals surface area contributed by atoms with Gasteiger partial charge in [-0.05, 0) is 89.1 Å². The molecule has 0 aromatic carbocycles. The maximum Gasteiger partial charge on any atom is 0.340 e. The van der Waals surface area contributed by atoms with Crippen molar-refractivity contribution in [3.63, 3.8) is 0 Å². The van der Waals surface area contributed by atoms with Crippen LogP contribution in [0, 0.1) is 19.3 Å². The third-order valence-corrected chi connectivity index (χ3v) is 7.08. The lowest BCUT2D eigenvalue weighted by molar-refractivity contribution is -0.171. The third kappa shape index (κ3) is 5.60. The molecular formula is C24H37BrN2O4. The normalized spacial score (nSPS) is 19.8. The summed E-state index contributed by atoms with van der Waals surface area (Å²) in [5.74, 6) is -0.371. The Hall–Kier alpha value is -1.18. The second-order valence-electron chi connectivity index (χ2n) is 10.2. The topological polar surface area (TPSA) is 60.9 Å². The number of aryl methyl sites for hydroxylation is 2. The van der Waals surface area contributed by atoms with Crippen molar-refractivity contribution in [2.24, 2.45) is 5.41 Å². The number of piperidine rings is 1. The van der Waals surface area contributed by atoms with Crippen molar-refractivity contribution in [2.75, 3.05) is 31.2 Å². The van der Waals surface area contributed by atoms with Crippen LogP contribution in [0.1, 0.15) is 76.9 Å². The molecule has 6 nitrogen and oxygen atoms in total. The minimum atomic E-state index is -0.840. The summed E-state index contributed by atoms with van der Waals surface area (Å²) in [7, 11) is 0. The molecule has 0 unspecified atom stereocenters. The largest absolute Gasteiger partial charge is 0.461 e. The first-order valence-electron chi connectivity index (χ1n) is 11.3. The first kappa shape index (κ1) is 24.5. The maximum atomic E-state index is 13.2. The smallest absolute Gasteiger partial charge is 0.340 e. The number of carbonyl (C=O) groups excluding carboxylic acids is 1. The Bertz CT molecular complexity index is 803. The maximum absolute atomic E-state index is 13.2. The van der Waals surface area contributed by atoms with Crippen LogP contribution in [0.15, 0.2) is 4.47 Å². The molecule has 0 radical (unpaired) electrons. The highest BCUT2D eigenvalue weighted by Crippen LogP contribution is 2.45. The number of hydrogen-bond donors (Lipinski definition) is 0. The van der Waals surface area contributed by atoms with Gasteiger partial charge in [0.25, 0.3) is 0 Å². The number of halogens is 1. The van der Waals surface area contributed by atoms with Gasteiger partial charge in [0, 0.05) is 31.0 Å². The van der Waals surface area contributed by atoms with E-state index in [2.05, 4.69) is 20.8 Å². The average molecular weight is 497 g/mol. The van der Waals surface area contributed by atoms with Crippen LogP contribution in [0.4, 0.5) is 5.69 Å². The molecule has 174 valence electrons. The van der Waals surface area contributed by atoms with Crippen LogP contribution >= 0.6 is 15.9 Å². The molecule has 0 bridgehead atoms. The molecule has 2 aliphatic rings. The highest BCUT2D eigenvalue weighted by atomic mass is 79.9. The number of esters is 1. The van der Waals surface area contributed by atoms with Gasteiger partial charge in [-0.2, -0.15) is 0 Å². The Kier molecular flexibility index (Phi) is 7.38. The summed E-state index contributed by atoms with van der Waals surface area (Å²) in [5.41, 5.74) is 3.31. The van der Waals surface area contributed by atoms with Gasteiger partial charge in [-0.15, -0.1) is 0 Å². The van der Waals surface area contributed by atoms with Gasteiger partial charge < -0.3 is 19.1 Å². The predicted molar refractivity (Wildman–Crippen MR) is 126 cm³/mol. The van der Waals surface area contributed by atoms with Crippen molar-refractivity contribution < 1.29 is 19.0 Å². The van der Waals surface area contributed by atoms with Gasteiger partial charge in [-0.3, -0.25) is 4.98 Å². The molecule has 2 saturated heterocycles. The predicted octanol–water partition coefficient (Wildman–Crippen LogP) is 5.28. The molecule has 3 heterocycles. The van der Waals surface area contributed by atoms with Crippen LogP contribution < -0.4 is 4.90 Å². The monoisotopic (exact) mass is 496 g/mol. The number of carbonyl (C=O) groups is 1. The Balaban J connectivity index is 2.03. The van der Waals surface area contributed by atoms with Crippen molar-refractivity contribution in [3.8, 4) is 0 Å². The van der Waals surface area contributed by atoms with E-state index in [1.807, 2.05) is 48.5 Å². The zero-order valence-electron chi connectivity index (χ0n) is 20.0. The first-order chi connectivity index (χ1) is 14.4. The molecule has 0 saturated carbocycles. The molecule has 0 aliphatic carbocycles. The number of pyridine rings is 1. The number of aromatic nitrogens is 1. The Morgan fingerprint density at radius 2 is 1.81 bits per heavy atom. The van der Waals surface area contributed by atoms with Gasteiger partial charge in [-0.25, -0.2) is 4.79 Å². The lowest BCUT2D eigenvalue weighted by Crippen LogP contribution is -2.42. The van der Waals surface area contributed by atoms with E-state index in [4.69, 9.17) is 19.2 Å². The molecule has 3 rings (SSSR count). The fourth-order valence-corrected chi connectivity index (χ4v) is 5.12. The van der Waals surface area contributed by atoms with Gasteiger partial charge in [0.2, 0.25) is 0 Å². The van der Waals surface area contributed by atoms with Crippen molar-refractivity contribution in [3.05, 3.63) is 21.4 Å². The second-order valence-corrected chi connectivity index (χ2v) is 11.0. The van der Waals surface area contributed by atoms with E-state index < -0.39 is 11.7 Å². The molecule has 0 amide bonds. The van der Waals surface area contributed by atoms with Crippen LogP contribution in [-0.4, -0.2) is 49.0 Å². The first-order valence-corrected chi connectivity index (χ1v) is 12.1. The van der Waals surface area contributed by atoms with Gasteiger partial charge in [0.05, 0.1) is 34.2 Å². The zero-order chi connectivity index (χ0) is 23.0. The van der Waals surface area contributed by atoms with Crippen molar-refractivity contribution >= 4 is 27.6 Å². The molecule has 0 N–H and O–H groups in total. The number of rotatable bonds is 5. The van der Waals surface area contributed by atoms with Crippen LogP contribution in [0.3, 0.4) is 0 Å². The number of hydrogen-bond acceptors (Lipinski definition) is 6. The van der Waals surface area contributed by atoms with E-state index in [1.165, 1.54) is 0 Å². The molecule has 1 aromatic rings. The van der Waals surface area contributed by atoms with E-state index in [0.717, 1.165) is 72.7 Å². The molecule has 1 aromatic heterocycles. The van der Waals surface area contributed by atoms with Gasteiger partial charge in [0.15, 0.2) is 6.10 Å². The standard InChI is InChI=1S/C24H37BrN2O4/c1-15(2)30-22(28)21(31-23(5,6)7)18-16(3)26-17(4)19(25)20(18)27-11-8-24(9-12-27)10-13-29-14-24/h15,21H,8-14H2,1-7H3/t21-/m0/s1. The fraction of sp³-hybridized carbons (Fsp3) is 0.750. The van der Waals surface area contributed by atoms with Crippen molar-refractivity contribution in [1.29, 1.82) is 0 Å². The number of nitrogens with zero attached hydrogens (tertiary/aromatic N) is 2. The summed E-state index contributed by atoms with van der Waals surface area (Å²) in [5, 5.41) is 0. The van der Waals surface area contributed by atoms with Crippen molar-refractivity contribution in [1.82, 2.24) is 4.98 Å². The lowest BCUT2D eigenvalue weighted by atomic mass is 9.78. The summed E-state index contributed by atoms with van der Waals surface area (Å²) < 4.78 is 18.5. The third-order valence-electron chi connectivity index (χ3n) is 6.13. The van der Waals surface area contributed by atoms with E-state index >= 15 is 0 Å². The zero-order valence-corrected chi connectivity index (χ0v) is 21.6. The van der Waals surface area contributed by atoms with Crippen LogP contribution in [0.5, 0.6) is 0 Å². The molecule has 7 heteroatoms. The quantitative estimate of drug-likeness (QED) is 0.517. The molecule has 31 heavy (non-hydrogen) atoms. The second kappa shape index (κ2) is 9.36. The van der Waals surface area contributed by atoms with Crippen LogP contribution in [0.25, 0.3) is 0 Å². The Labute approximate surface area is 195 Å². The summed E-state index contributed by atoms with van der Waals surface area (Å²) >= 11 is 3.79. The minimum absolute atomic E-state index is 0.221. The van der Waals surface area contributed by atoms with Crippen molar-refractivity contribution in [2.45, 2.75) is 85.5 Å². The molecular weight excluding hydrogens is 460 g/mol. The average Bonchev–Trinajstić information content (AvgIpc) is 3.10. The van der Waals surface area contributed by atoms with E-state index in [0.29, 0.717) is 5.41 Å². The Morgan fingerprint density at radius 3 is 2.32 bits per heavy atom. The Morgan fingerprint density at radius 1 is 1.16 bits per heavy atom. The molecule has 1 atom stereocenters. The van der Waals surface area contributed by atoms with E-state index in [9.17, 15) is 4.79 Å². The summed E-state index contributed by atoms with van der Waals surface area (Å²) in [6.07, 6.45) is 2.25. The number of anilines is 1. The summed E-state index contributed by atoms with van der Waals surface area (Å²) in [6, 6.07) is 0. The summed E-state index contributed by atoms with van der Waals surface area (Å²) in [6.45, 7) is 17.1. The van der Waals surface area contributed by atoms with Gasteiger partial charge in [0.1, 0.15) is 0 Å². The number of ether oxygens (including phenoxy) is 3. The minimum Gasteiger partial charge on any atom is -0.461 e. The molecule has 2 aliphatic heterocycles. The highest BCUT2D eigenvalue weighted by molar-refractivity contribution is 9.10. The SMILES string of the molecule is Cc1nc(C)c([C@H](OC(C)(C)C)C(=O)OC(C)C)c(N2CCC3(CCOC3)CC2)c1Br. The summed E-state index contributed by atoms with van der Waals surface area (Å²) in [4.78, 5) is 20.3. The highest BCUT2D eigenvalue weighted by Gasteiger charge is 2.41. The van der Waals surface area contributed by atoms with E-state index in [1.54, 1.807) is 0 Å². The van der Waals surface area contributed by atoms with Crippen LogP contribution in [0.2, 0.25) is 0 Å². The lowest BCUT2D eigenvalue weighted by Gasteiger charge is -2.41.